The van der Waals surface area contributed by atoms with Crippen LogP contribution in [0.1, 0.15) is 44.4 Å². The van der Waals surface area contributed by atoms with Crippen molar-refractivity contribution in [1.29, 1.82) is 0 Å². The van der Waals surface area contributed by atoms with Gasteiger partial charge >= 0.3 is 6.09 Å². The van der Waals surface area contributed by atoms with Gasteiger partial charge in [-0.15, -0.1) is 0 Å². The number of rotatable bonds is 12. The summed E-state index contributed by atoms with van der Waals surface area (Å²) in [6.45, 7) is 10.7. The Morgan fingerprint density at radius 3 is 2.52 bits per heavy atom. The van der Waals surface area contributed by atoms with E-state index < -0.39 is 36.4 Å². The second-order valence-electron chi connectivity index (χ2n) is 12.9. The molecule has 4 rings (SSSR count). The van der Waals surface area contributed by atoms with Crippen molar-refractivity contribution in [3.05, 3.63) is 78.1 Å². The number of pyridine rings is 1. The summed E-state index contributed by atoms with van der Waals surface area (Å²) < 4.78 is 45.1. The lowest BCUT2D eigenvalue weighted by Crippen LogP contribution is -2.46. The molecule has 2 N–H and O–H groups in total. The zero-order valence-electron chi connectivity index (χ0n) is 27.1. The first kappa shape index (κ1) is 35.1. The van der Waals surface area contributed by atoms with E-state index in [1.807, 2.05) is 35.1 Å². The van der Waals surface area contributed by atoms with Gasteiger partial charge in [0.05, 0.1) is 24.1 Å². The molecule has 248 valence electrons. The Bertz CT molecular complexity index is 1640. The van der Waals surface area contributed by atoms with Gasteiger partial charge in [0, 0.05) is 19.5 Å². The molecule has 1 aromatic heterocycles. The number of methoxy groups -OCH3 is 1. The van der Waals surface area contributed by atoms with E-state index in [4.69, 9.17) is 13.9 Å². The first-order chi connectivity index (χ1) is 21.6. The van der Waals surface area contributed by atoms with Gasteiger partial charge in [-0.3, -0.25) is 9.78 Å². The van der Waals surface area contributed by atoms with Gasteiger partial charge in [-0.2, -0.15) is 0 Å². The van der Waals surface area contributed by atoms with Crippen molar-refractivity contribution >= 4 is 30.3 Å². The summed E-state index contributed by atoms with van der Waals surface area (Å²) in [5.41, 5.74) is 3.21. The Hall–Kier alpha value is -3.78. The van der Waals surface area contributed by atoms with Gasteiger partial charge in [0.2, 0.25) is 0 Å². The summed E-state index contributed by atoms with van der Waals surface area (Å²) in [7, 11) is -5.01. The van der Waals surface area contributed by atoms with Crippen LogP contribution in [0.25, 0.3) is 11.1 Å². The number of nitrogens with one attached hydrogen (secondary N) is 1. The monoisotopic (exact) mass is 669 g/mol. The van der Waals surface area contributed by atoms with Crippen molar-refractivity contribution in [2.24, 2.45) is 0 Å². The highest BCUT2D eigenvalue weighted by Crippen LogP contribution is 2.40. The standard InChI is InChI=1S/C33H43N3O8SSi/c1-33(2,3)46(5,6)44-30(26-10-8-16-34-19-26)21-36(32(38)39)20-27-14-12-25-17-24(13-15-29(25)43-27)23-9-7-11-28(18-23)45(40,41)35-31(37)22-42-4/h7-11,13,15-19,27,30H,12,14,20-22H2,1-6H3,(H,35,37)(H,38,39)/t27-,30-/m0/s1. The van der Waals surface area contributed by atoms with Crippen molar-refractivity contribution in [2.45, 2.75) is 68.8 Å². The molecule has 0 fully saturated rings. The highest BCUT2D eigenvalue weighted by atomic mass is 32.2. The number of ether oxygens (including phenoxy) is 2. The third-order valence-corrected chi connectivity index (χ3v) is 14.3. The molecule has 1 aliphatic heterocycles. The number of carboxylic acid groups (broad SMARTS) is 1. The molecular weight excluding hydrogens is 627 g/mol. The molecule has 0 spiro atoms. The predicted octanol–water partition coefficient (Wildman–Crippen LogP) is 5.64. The Balaban J connectivity index is 1.49. The molecule has 2 heterocycles. The van der Waals surface area contributed by atoms with E-state index in [-0.39, 0.29) is 35.7 Å². The number of amides is 2. The number of fused-ring (bicyclic) bond motifs is 1. The lowest BCUT2D eigenvalue weighted by Gasteiger charge is -2.40. The molecule has 2 amide bonds. The highest BCUT2D eigenvalue weighted by Gasteiger charge is 2.40. The SMILES string of the molecule is COCC(=O)NS(=O)(=O)c1cccc(-c2ccc3c(c2)CC[C@@H](CN(C[C@H](O[Si](C)(C)C(C)(C)C)c2cccnc2)C(=O)O)O3)c1. The maximum Gasteiger partial charge on any atom is 0.407 e. The van der Waals surface area contributed by atoms with Crippen LogP contribution in [0.15, 0.2) is 71.9 Å². The molecule has 0 saturated heterocycles. The van der Waals surface area contributed by atoms with Crippen LogP contribution in [0.3, 0.4) is 0 Å². The minimum Gasteiger partial charge on any atom is -0.488 e. The van der Waals surface area contributed by atoms with Crippen LogP contribution in [-0.4, -0.2) is 76.6 Å². The normalized spacial score (nSPS) is 15.7. The summed E-state index contributed by atoms with van der Waals surface area (Å²) in [6.07, 6.45) is 2.78. The van der Waals surface area contributed by atoms with Gasteiger partial charge in [-0.05, 0) is 83.6 Å². The molecule has 3 aromatic rings. The number of nitrogens with zero attached hydrogens (tertiary/aromatic N) is 2. The minimum absolute atomic E-state index is 0.0422. The van der Waals surface area contributed by atoms with Gasteiger partial charge in [-0.1, -0.05) is 45.0 Å². The Labute approximate surface area is 272 Å². The summed E-state index contributed by atoms with van der Waals surface area (Å²) in [6, 6.07) is 15.7. The molecule has 0 radical (unpaired) electrons. The van der Waals surface area contributed by atoms with Crippen LogP contribution >= 0.6 is 0 Å². The number of carbonyl (C=O) groups is 2. The Kier molecular flexibility index (Phi) is 10.9. The molecule has 1 aliphatic rings. The van der Waals surface area contributed by atoms with Gasteiger partial charge in [0.1, 0.15) is 18.5 Å². The van der Waals surface area contributed by atoms with Crippen LogP contribution < -0.4 is 9.46 Å². The van der Waals surface area contributed by atoms with Crippen molar-refractivity contribution in [2.75, 3.05) is 26.8 Å². The number of aryl methyl sites for hydroxylation is 1. The molecule has 13 heteroatoms. The van der Waals surface area contributed by atoms with Gasteiger partial charge in [0.25, 0.3) is 15.9 Å². The topological polar surface area (TPSA) is 144 Å². The molecule has 0 bridgehead atoms. The van der Waals surface area contributed by atoms with E-state index in [9.17, 15) is 23.1 Å². The maximum atomic E-state index is 12.7. The van der Waals surface area contributed by atoms with Gasteiger partial charge < -0.3 is 23.9 Å². The molecule has 0 unspecified atom stereocenters. The van der Waals surface area contributed by atoms with E-state index in [2.05, 4.69) is 38.8 Å². The summed E-state index contributed by atoms with van der Waals surface area (Å²) >= 11 is 0. The molecule has 46 heavy (non-hydrogen) atoms. The lowest BCUT2D eigenvalue weighted by atomic mass is 9.97. The zero-order valence-corrected chi connectivity index (χ0v) is 29.0. The summed E-state index contributed by atoms with van der Waals surface area (Å²) in [4.78, 5) is 29.9. The minimum atomic E-state index is -4.07. The number of sulfonamides is 1. The third kappa shape index (κ3) is 8.72. The molecule has 0 saturated carbocycles. The highest BCUT2D eigenvalue weighted by molar-refractivity contribution is 7.90. The van der Waals surface area contributed by atoms with E-state index in [1.54, 1.807) is 24.5 Å². The zero-order chi connectivity index (χ0) is 33.7. The quantitative estimate of drug-likeness (QED) is 0.234. The largest absolute Gasteiger partial charge is 0.488 e. The van der Waals surface area contributed by atoms with Crippen LogP contribution in [0.4, 0.5) is 4.79 Å². The van der Waals surface area contributed by atoms with Crippen molar-refractivity contribution in [3.63, 3.8) is 0 Å². The van der Waals surface area contributed by atoms with Crippen molar-refractivity contribution in [3.8, 4) is 16.9 Å². The average Bonchev–Trinajstić information content (AvgIpc) is 2.99. The number of carbonyl (C=O) groups excluding carboxylic acids is 1. The first-order valence-corrected chi connectivity index (χ1v) is 19.5. The summed E-state index contributed by atoms with van der Waals surface area (Å²) in [5.74, 6) is -0.104. The van der Waals surface area contributed by atoms with Crippen LogP contribution in [0, 0.1) is 0 Å². The van der Waals surface area contributed by atoms with Crippen molar-refractivity contribution in [1.82, 2.24) is 14.6 Å². The molecule has 11 nitrogen and oxygen atoms in total. The van der Waals surface area contributed by atoms with Crippen LogP contribution in [-0.2, 0) is 30.4 Å². The molecule has 2 aromatic carbocycles. The number of aromatic nitrogens is 1. The fourth-order valence-corrected chi connectivity index (χ4v) is 7.24. The fourth-order valence-electron chi connectivity index (χ4n) is 4.95. The van der Waals surface area contributed by atoms with E-state index in [0.717, 1.165) is 16.7 Å². The molecule has 2 atom stereocenters. The fraction of sp³-hybridized carbons (Fsp3) is 0.424. The van der Waals surface area contributed by atoms with E-state index >= 15 is 0 Å². The summed E-state index contributed by atoms with van der Waals surface area (Å²) in [5, 5.41) is 10.1. The van der Waals surface area contributed by atoms with Crippen LogP contribution in [0.2, 0.25) is 18.1 Å². The van der Waals surface area contributed by atoms with E-state index in [1.165, 1.54) is 24.1 Å². The second kappa shape index (κ2) is 14.3. The maximum absolute atomic E-state index is 12.7. The van der Waals surface area contributed by atoms with Gasteiger partial charge in [0.15, 0.2) is 8.32 Å². The average molecular weight is 670 g/mol. The Morgan fingerprint density at radius 1 is 1.13 bits per heavy atom. The number of hydrogen-bond acceptors (Lipinski definition) is 8. The second-order valence-corrected chi connectivity index (χ2v) is 19.4. The Morgan fingerprint density at radius 2 is 1.87 bits per heavy atom. The smallest absolute Gasteiger partial charge is 0.407 e. The van der Waals surface area contributed by atoms with Gasteiger partial charge in [-0.25, -0.2) is 17.9 Å². The number of benzene rings is 2. The van der Waals surface area contributed by atoms with Crippen LogP contribution in [0.5, 0.6) is 5.75 Å². The third-order valence-electron chi connectivity index (χ3n) is 8.47. The molecular formula is C33H43N3O8SSi. The van der Waals surface area contributed by atoms with Crippen molar-refractivity contribution < 1.29 is 37.0 Å². The first-order valence-electron chi connectivity index (χ1n) is 15.1. The lowest BCUT2D eigenvalue weighted by molar-refractivity contribution is -0.122. The number of hydrogen-bond donors (Lipinski definition) is 2. The molecule has 0 aliphatic carbocycles. The predicted molar refractivity (Wildman–Crippen MR) is 177 cm³/mol. The van der Waals surface area contributed by atoms with E-state index in [0.29, 0.717) is 24.2 Å².